The van der Waals surface area contributed by atoms with Crippen LogP contribution in [0, 0.1) is 5.92 Å². The van der Waals surface area contributed by atoms with E-state index in [-0.39, 0.29) is 36.6 Å². The second kappa shape index (κ2) is 8.17. The lowest BCUT2D eigenvalue weighted by Crippen LogP contribution is -2.35. The van der Waals surface area contributed by atoms with Crippen LogP contribution in [0.1, 0.15) is 29.6 Å². The number of nitrogens with zero attached hydrogens (tertiary/aromatic N) is 4. The molecule has 0 amide bonds. The number of halogens is 2. The number of ether oxygens (including phenoxy) is 1. The number of hydrogen-bond donors (Lipinski definition) is 0. The van der Waals surface area contributed by atoms with E-state index in [4.69, 9.17) is 4.74 Å². The molecule has 0 aliphatic heterocycles. The molecule has 1 aliphatic rings. The van der Waals surface area contributed by atoms with E-state index in [0.717, 1.165) is 0 Å². The predicted molar refractivity (Wildman–Crippen MR) is 96.8 cm³/mol. The van der Waals surface area contributed by atoms with Gasteiger partial charge in [0.15, 0.2) is 17.3 Å². The van der Waals surface area contributed by atoms with E-state index in [9.17, 15) is 14.4 Å². The molecule has 136 valence electrons. The molecular formula is C16H14Br2N4O4. The highest BCUT2D eigenvalue weighted by Crippen LogP contribution is 2.37. The molecule has 1 fully saturated rings. The number of carbonyl (C=O) groups excluding carboxylic acids is 3. The number of carbonyl (C=O) groups is 3. The quantitative estimate of drug-likeness (QED) is 0.457. The van der Waals surface area contributed by atoms with Gasteiger partial charge in [0.1, 0.15) is 24.6 Å². The third-order valence-electron chi connectivity index (χ3n) is 4.03. The maximum absolute atomic E-state index is 12.8. The van der Waals surface area contributed by atoms with Crippen LogP contribution in [0.2, 0.25) is 0 Å². The zero-order chi connectivity index (χ0) is 18.7. The summed E-state index contributed by atoms with van der Waals surface area (Å²) in [5, 5.41) is 10.8. The second-order valence-corrected chi connectivity index (χ2v) is 7.39. The zero-order valence-electron chi connectivity index (χ0n) is 13.5. The summed E-state index contributed by atoms with van der Waals surface area (Å²) in [4.78, 5) is 36.9. The fourth-order valence-electron chi connectivity index (χ4n) is 2.73. The van der Waals surface area contributed by atoms with Crippen molar-refractivity contribution in [3.05, 3.63) is 33.0 Å². The molecule has 0 radical (unpaired) electrons. The van der Waals surface area contributed by atoms with Crippen LogP contribution >= 0.6 is 31.9 Å². The van der Waals surface area contributed by atoms with Gasteiger partial charge >= 0.3 is 0 Å². The van der Waals surface area contributed by atoms with E-state index in [1.165, 1.54) is 11.0 Å². The highest BCUT2D eigenvalue weighted by molar-refractivity contribution is 9.11. The summed E-state index contributed by atoms with van der Waals surface area (Å²) in [6, 6.07) is 3.22. The van der Waals surface area contributed by atoms with Crippen LogP contribution in [0.4, 0.5) is 0 Å². The molecule has 0 atom stereocenters. The van der Waals surface area contributed by atoms with E-state index in [2.05, 4.69) is 47.4 Å². The third-order valence-corrected chi connectivity index (χ3v) is 5.44. The first-order chi connectivity index (χ1) is 12.5. The lowest BCUT2D eigenvalue weighted by Gasteiger charge is -2.20. The number of rotatable bonds is 6. The summed E-state index contributed by atoms with van der Waals surface area (Å²) in [6.07, 6.45) is 2.49. The van der Waals surface area contributed by atoms with Gasteiger partial charge < -0.3 is 4.74 Å². The molecule has 10 heteroatoms. The minimum Gasteiger partial charge on any atom is -0.489 e. The Morgan fingerprint density at radius 2 is 1.96 bits per heavy atom. The van der Waals surface area contributed by atoms with E-state index in [1.54, 1.807) is 12.1 Å². The van der Waals surface area contributed by atoms with Crippen LogP contribution in [0.5, 0.6) is 5.75 Å². The van der Waals surface area contributed by atoms with Gasteiger partial charge in [0.25, 0.3) is 0 Å². The van der Waals surface area contributed by atoms with Crippen molar-refractivity contribution in [1.29, 1.82) is 0 Å². The Morgan fingerprint density at radius 1 is 1.23 bits per heavy atom. The van der Waals surface area contributed by atoms with Gasteiger partial charge in [-0.2, -0.15) is 0 Å². The number of ketones is 3. The van der Waals surface area contributed by atoms with Gasteiger partial charge in [-0.1, -0.05) is 0 Å². The normalized spacial score (nSPS) is 15.3. The van der Waals surface area contributed by atoms with Crippen molar-refractivity contribution in [3.8, 4) is 5.75 Å². The number of aromatic nitrogens is 4. The minimum atomic E-state index is -1.21. The summed E-state index contributed by atoms with van der Waals surface area (Å²) in [6.45, 7) is 0.685. The first-order valence-corrected chi connectivity index (χ1v) is 9.49. The van der Waals surface area contributed by atoms with Gasteiger partial charge in [-0.05, 0) is 60.8 Å². The SMILES string of the molecule is O=C1CCCC(=O)C1C(=O)c1ccc(Br)c(OCCn2cnnn2)c1Br. The standard InChI is InChI=1S/C16H14Br2N4O4/c17-10-5-4-9(15(25)13-11(23)2-1-3-12(13)24)14(18)16(10)26-7-6-22-8-19-20-21-22/h4-5,8,13H,1-3,6-7H2. The largest absolute Gasteiger partial charge is 0.489 e. The molecule has 3 rings (SSSR count). The fraction of sp³-hybridized carbons (Fsp3) is 0.375. The molecule has 0 spiro atoms. The Balaban J connectivity index is 1.80. The van der Waals surface area contributed by atoms with Crippen molar-refractivity contribution >= 4 is 49.2 Å². The van der Waals surface area contributed by atoms with Crippen LogP contribution in [-0.2, 0) is 16.1 Å². The zero-order valence-corrected chi connectivity index (χ0v) is 16.7. The summed E-state index contributed by atoms with van der Waals surface area (Å²) in [5.41, 5.74) is 0.249. The van der Waals surface area contributed by atoms with Crippen molar-refractivity contribution in [1.82, 2.24) is 20.2 Å². The molecule has 0 N–H and O–H groups in total. The first kappa shape index (κ1) is 18.8. The van der Waals surface area contributed by atoms with Gasteiger partial charge in [0.05, 0.1) is 15.5 Å². The van der Waals surface area contributed by atoms with E-state index in [0.29, 0.717) is 27.7 Å². The Hall–Kier alpha value is -1.94. The molecule has 1 aromatic carbocycles. The van der Waals surface area contributed by atoms with Crippen molar-refractivity contribution in [2.24, 2.45) is 5.92 Å². The van der Waals surface area contributed by atoms with Gasteiger partial charge in [-0.3, -0.25) is 14.4 Å². The molecule has 0 saturated heterocycles. The average molecular weight is 486 g/mol. The molecule has 1 heterocycles. The molecule has 0 bridgehead atoms. The molecule has 1 aromatic heterocycles. The topological polar surface area (TPSA) is 104 Å². The maximum atomic E-state index is 12.8. The monoisotopic (exact) mass is 484 g/mol. The van der Waals surface area contributed by atoms with Crippen molar-refractivity contribution in [2.75, 3.05) is 6.61 Å². The summed E-state index contributed by atoms with van der Waals surface area (Å²) >= 11 is 6.75. The lowest BCUT2D eigenvalue weighted by molar-refractivity contribution is -0.133. The molecule has 1 saturated carbocycles. The van der Waals surface area contributed by atoms with Gasteiger partial charge in [0, 0.05) is 18.4 Å². The highest BCUT2D eigenvalue weighted by atomic mass is 79.9. The van der Waals surface area contributed by atoms with Crippen LogP contribution in [0.15, 0.2) is 27.4 Å². The van der Waals surface area contributed by atoms with Crippen molar-refractivity contribution < 1.29 is 19.1 Å². The van der Waals surface area contributed by atoms with Gasteiger partial charge in [-0.15, -0.1) is 5.10 Å². The van der Waals surface area contributed by atoms with Gasteiger partial charge in [0.2, 0.25) is 0 Å². The second-order valence-electron chi connectivity index (χ2n) is 5.74. The number of tetrazole rings is 1. The molecular weight excluding hydrogens is 472 g/mol. The molecule has 2 aromatic rings. The van der Waals surface area contributed by atoms with E-state index >= 15 is 0 Å². The molecule has 8 nitrogen and oxygen atoms in total. The van der Waals surface area contributed by atoms with Crippen LogP contribution in [0.3, 0.4) is 0 Å². The van der Waals surface area contributed by atoms with E-state index in [1.807, 2.05) is 0 Å². The van der Waals surface area contributed by atoms with E-state index < -0.39 is 11.7 Å². The summed E-state index contributed by atoms with van der Waals surface area (Å²) in [7, 11) is 0. The third kappa shape index (κ3) is 3.90. The van der Waals surface area contributed by atoms with Crippen LogP contribution in [-0.4, -0.2) is 44.2 Å². The average Bonchev–Trinajstić information content (AvgIpc) is 3.11. The number of Topliss-reactive ketones (excluding diaryl/α,β-unsaturated/α-hetero) is 3. The Morgan fingerprint density at radius 3 is 2.62 bits per heavy atom. The Kier molecular flexibility index (Phi) is 5.92. The Bertz CT molecular complexity index is 838. The fourth-order valence-corrected chi connectivity index (χ4v) is 4.10. The number of hydrogen-bond acceptors (Lipinski definition) is 7. The maximum Gasteiger partial charge on any atom is 0.182 e. The smallest absolute Gasteiger partial charge is 0.182 e. The molecule has 26 heavy (non-hydrogen) atoms. The van der Waals surface area contributed by atoms with Crippen molar-refractivity contribution in [2.45, 2.75) is 25.8 Å². The van der Waals surface area contributed by atoms with Crippen LogP contribution in [0.25, 0.3) is 0 Å². The number of benzene rings is 1. The van der Waals surface area contributed by atoms with Gasteiger partial charge in [-0.25, -0.2) is 4.68 Å². The highest BCUT2D eigenvalue weighted by Gasteiger charge is 2.37. The van der Waals surface area contributed by atoms with Crippen LogP contribution < -0.4 is 4.74 Å². The first-order valence-electron chi connectivity index (χ1n) is 7.90. The summed E-state index contributed by atoms with van der Waals surface area (Å²) in [5.74, 6) is -1.93. The minimum absolute atomic E-state index is 0.249. The Labute approximate surface area is 165 Å². The predicted octanol–water partition coefficient (Wildman–Crippen LogP) is 2.40. The lowest BCUT2D eigenvalue weighted by atomic mass is 9.81. The van der Waals surface area contributed by atoms with Crippen molar-refractivity contribution in [3.63, 3.8) is 0 Å². The summed E-state index contributed by atoms with van der Waals surface area (Å²) < 4.78 is 8.29. The molecule has 1 aliphatic carbocycles. The molecule has 0 unspecified atom stereocenters.